The van der Waals surface area contributed by atoms with Crippen LogP contribution in [0.1, 0.15) is 22.8 Å². The summed E-state index contributed by atoms with van der Waals surface area (Å²) in [4.78, 5) is 10.2. The van der Waals surface area contributed by atoms with Gasteiger partial charge in [0.1, 0.15) is 28.9 Å². The zero-order valence-corrected chi connectivity index (χ0v) is 17.5. The van der Waals surface area contributed by atoms with Gasteiger partial charge in [-0.3, -0.25) is 4.79 Å². The van der Waals surface area contributed by atoms with Crippen molar-refractivity contribution in [1.29, 1.82) is 10.5 Å². The molecule has 2 aromatic rings. The van der Waals surface area contributed by atoms with Crippen LogP contribution >= 0.6 is 26.2 Å². The Morgan fingerprint density at radius 3 is 2.23 bits per heavy atom. The fourth-order valence-electron chi connectivity index (χ4n) is 2.24. The van der Waals surface area contributed by atoms with Gasteiger partial charge in [0, 0.05) is 10.0 Å². The third-order valence-electron chi connectivity index (χ3n) is 3.80. The lowest BCUT2D eigenvalue weighted by Gasteiger charge is -2.40. The van der Waals surface area contributed by atoms with Crippen molar-refractivity contribution in [1.82, 2.24) is 5.32 Å². The maximum absolute atomic E-state index is 12.8. The predicted molar refractivity (Wildman–Crippen MR) is 104 cm³/mol. The summed E-state index contributed by atoms with van der Waals surface area (Å²) in [7, 11) is -9.85. The molecular weight excluding hydrogens is 497 g/mol. The molecule has 1 amide bonds. The van der Waals surface area contributed by atoms with E-state index in [0.717, 1.165) is 0 Å². The quantitative estimate of drug-likeness (QED) is 0.478. The van der Waals surface area contributed by atoms with Gasteiger partial charge >= 0.3 is 10.2 Å². The standard InChI is InChI=1S/C18H13BrF5N3O2S/c1-18(10-26,11-29-16-4-2-3-15(19)14(16)9-25)27-17(28)12-5-7-13(8-6-12)30(20,21,22,23)24/h2-8H,11H2,1H3,(H,27,28). The van der Waals surface area contributed by atoms with Gasteiger partial charge in [-0.15, -0.1) is 0 Å². The van der Waals surface area contributed by atoms with E-state index in [1.54, 1.807) is 18.2 Å². The van der Waals surface area contributed by atoms with Gasteiger partial charge < -0.3 is 10.1 Å². The molecule has 0 aromatic heterocycles. The average Bonchev–Trinajstić information content (AvgIpc) is 2.64. The smallest absolute Gasteiger partial charge is 0.310 e. The van der Waals surface area contributed by atoms with Gasteiger partial charge in [-0.2, -0.15) is 10.5 Å². The van der Waals surface area contributed by atoms with Gasteiger partial charge in [0.2, 0.25) is 0 Å². The number of nitriles is 2. The summed E-state index contributed by atoms with van der Waals surface area (Å²) in [5, 5.41) is 20.8. The average molecular weight is 510 g/mol. The number of hydrogen-bond donors (Lipinski definition) is 1. The number of nitrogens with zero attached hydrogens (tertiary/aromatic N) is 2. The fraction of sp³-hybridized carbons (Fsp3) is 0.167. The molecule has 0 fully saturated rings. The summed E-state index contributed by atoms with van der Waals surface area (Å²) in [5.41, 5.74) is -1.83. The van der Waals surface area contributed by atoms with Crippen LogP contribution in [0.3, 0.4) is 0 Å². The second-order valence-corrected chi connectivity index (χ2v) is 9.67. The molecular formula is C18H13BrF5N3O2S. The van der Waals surface area contributed by atoms with E-state index in [4.69, 9.17) is 4.74 Å². The molecule has 12 heteroatoms. The number of halogens is 6. The van der Waals surface area contributed by atoms with Crippen LogP contribution < -0.4 is 10.1 Å². The van der Waals surface area contributed by atoms with Crippen molar-refractivity contribution >= 4 is 32.1 Å². The van der Waals surface area contributed by atoms with Gasteiger partial charge in [0.05, 0.1) is 6.07 Å². The van der Waals surface area contributed by atoms with Crippen LogP contribution in [0.2, 0.25) is 0 Å². The number of carbonyl (C=O) groups excluding carboxylic acids is 1. The Bertz CT molecular complexity index is 1080. The second-order valence-electron chi connectivity index (χ2n) is 6.40. The Morgan fingerprint density at radius 2 is 1.73 bits per heavy atom. The van der Waals surface area contributed by atoms with Crippen LogP contribution in [0, 0.1) is 22.7 Å². The fourth-order valence-corrected chi connectivity index (χ4v) is 3.32. The number of nitrogens with one attached hydrogen (secondary N) is 1. The van der Waals surface area contributed by atoms with Crippen molar-refractivity contribution in [3.63, 3.8) is 0 Å². The van der Waals surface area contributed by atoms with Crippen molar-refractivity contribution in [3.05, 3.63) is 58.1 Å². The predicted octanol–water partition coefficient (Wildman–Crippen LogP) is 6.07. The maximum atomic E-state index is 12.8. The molecule has 0 saturated carbocycles. The molecule has 0 bridgehead atoms. The molecule has 0 aliphatic rings. The van der Waals surface area contributed by atoms with E-state index in [9.17, 15) is 34.7 Å². The third-order valence-corrected chi connectivity index (χ3v) is 5.63. The first kappa shape index (κ1) is 23.4. The molecule has 5 nitrogen and oxygen atoms in total. The number of benzene rings is 2. The lowest BCUT2D eigenvalue weighted by atomic mass is 10.0. The lowest BCUT2D eigenvalue weighted by Crippen LogP contribution is -2.49. The van der Waals surface area contributed by atoms with Gasteiger partial charge in [-0.25, -0.2) is 0 Å². The molecule has 1 atom stereocenters. The monoisotopic (exact) mass is 509 g/mol. The highest BCUT2D eigenvalue weighted by Crippen LogP contribution is 3.02. The number of ether oxygens (including phenoxy) is 1. The van der Waals surface area contributed by atoms with E-state index in [0.29, 0.717) is 16.6 Å². The summed E-state index contributed by atoms with van der Waals surface area (Å²) in [6.07, 6.45) is 0. The van der Waals surface area contributed by atoms with Crippen LogP contribution in [0.4, 0.5) is 19.4 Å². The molecule has 1 N–H and O–H groups in total. The Balaban J connectivity index is 2.17. The topological polar surface area (TPSA) is 85.9 Å². The second kappa shape index (κ2) is 7.15. The van der Waals surface area contributed by atoms with Gasteiger partial charge in [0.15, 0.2) is 5.54 Å². The SMILES string of the molecule is CC(C#N)(COc1cccc(Br)c1C#N)NC(=O)c1ccc(S(F)(F)(F)(F)F)cc1. The molecule has 30 heavy (non-hydrogen) atoms. The highest BCUT2D eigenvalue weighted by molar-refractivity contribution is 9.10. The van der Waals surface area contributed by atoms with Crippen molar-refractivity contribution in [2.24, 2.45) is 0 Å². The minimum absolute atomic E-state index is 0.109. The molecule has 160 valence electrons. The van der Waals surface area contributed by atoms with Gasteiger partial charge in [-0.1, -0.05) is 25.5 Å². The van der Waals surface area contributed by atoms with Crippen molar-refractivity contribution < 1.29 is 29.0 Å². The number of hydrogen-bond acceptors (Lipinski definition) is 4. The van der Waals surface area contributed by atoms with Crippen LogP contribution in [0.5, 0.6) is 5.75 Å². The molecule has 1 unspecified atom stereocenters. The molecule has 0 aliphatic carbocycles. The van der Waals surface area contributed by atoms with Crippen molar-refractivity contribution in [3.8, 4) is 17.9 Å². The zero-order valence-electron chi connectivity index (χ0n) is 15.1. The lowest BCUT2D eigenvalue weighted by molar-refractivity contribution is 0.0901. The molecule has 0 heterocycles. The van der Waals surface area contributed by atoms with Crippen LogP contribution in [0.15, 0.2) is 51.8 Å². The Labute approximate surface area is 176 Å². The first-order valence-corrected chi connectivity index (χ1v) is 10.7. The molecule has 2 rings (SSSR count). The maximum Gasteiger partial charge on any atom is 0.310 e. The molecule has 2 aromatic carbocycles. The zero-order chi connectivity index (χ0) is 22.9. The largest absolute Gasteiger partial charge is 0.489 e. The Hall–Kier alpha value is -2.83. The van der Waals surface area contributed by atoms with E-state index in [1.807, 2.05) is 6.07 Å². The number of carbonyl (C=O) groups is 1. The van der Waals surface area contributed by atoms with Gasteiger partial charge in [0.25, 0.3) is 5.91 Å². The summed E-state index contributed by atoms with van der Waals surface area (Å²) >= 11 is 3.17. The first-order valence-electron chi connectivity index (χ1n) is 7.98. The minimum atomic E-state index is -9.85. The minimum Gasteiger partial charge on any atom is -0.489 e. The van der Waals surface area contributed by atoms with Crippen LogP contribution in [-0.4, -0.2) is 18.1 Å². The number of rotatable bonds is 6. The van der Waals surface area contributed by atoms with E-state index in [-0.39, 0.29) is 29.0 Å². The Morgan fingerprint density at radius 1 is 1.13 bits per heavy atom. The highest BCUT2D eigenvalue weighted by Gasteiger charge is 2.65. The molecule has 0 aliphatic heterocycles. The molecule has 0 radical (unpaired) electrons. The normalized spacial score (nSPS) is 15.5. The number of amides is 1. The van der Waals surface area contributed by atoms with Crippen LogP contribution in [0.25, 0.3) is 0 Å². The summed E-state index contributed by atoms with van der Waals surface area (Å²) in [6, 6.07) is 9.77. The molecule has 0 saturated heterocycles. The summed E-state index contributed by atoms with van der Waals surface area (Å²) in [5.74, 6) is -0.825. The van der Waals surface area contributed by atoms with Gasteiger partial charge in [-0.05, 0) is 59.3 Å². The Kier molecular flexibility index (Phi) is 5.58. The van der Waals surface area contributed by atoms with Crippen LogP contribution in [-0.2, 0) is 0 Å². The summed E-state index contributed by atoms with van der Waals surface area (Å²) < 4.78 is 69.8. The van der Waals surface area contributed by atoms with E-state index in [1.165, 1.54) is 13.0 Å². The third kappa shape index (κ3) is 5.62. The van der Waals surface area contributed by atoms with E-state index < -0.39 is 33.2 Å². The molecule has 0 spiro atoms. The van der Waals surface area contributed by atoms with Crippen molar-refractivity contribution in [2.45, 2.75) is 17.4 Å². The first-order chi connectivity index (χ1) is 13.6. The highest BCUT2D eigenvalue weighted by atomic mass is 79.9. The van der Waals surface area contributed by atoms with Crippen molar-refractivity contribution in [2.75, 3.05) is 6.61 Å². The van der Waals surface area contributed by atoms with E-state index in [2.05, 4.69) is 21.2 Å². The summed E-state index contributed by atoms with van der Waals surface area (Å²) in [6.45, 7) is 0.891. The van der Waals surface area contributed by atoms with E-state index >= 15 is 0 Å².